The standard InChI is InChI=1S/C20H25ClN2O/c1-14(2)15-5-7-16(8-6-15)20(24,19(3)12-23(4)13-19)17-9-10-22-18(21)11-17/h5-11,14,24H,12-13H2,1-4H3. The van der Waals surface area contributed by atoms with Crippen molar-refractivity contribution in [1.82, 2.24) is 9.88 Å². The fourth-order valence-electron chi connectivity index (χ4n) is 3.97. The number of pyridine rings is 1. The lowest BCUT2D eigenvalue weighted by Gasteiger charge is -2.56. The first kappa shape index (κ1) is 17.4. The smallest absolute Gasteiger partial charge is 0.129 e. The number of nitrogens with zero attached hydrogens (tertiary/aromatic N) is 2. The summed E-state index contributed by atoms with van der Waals surface area (Å²) in [7, 11) is 2.07. The molecule has 1 atom stereocenters. The zero-order chi connectivity index (χ0) is 17.5. The molecule has 1 unspecified atom stereocenters. The second kappa shape index (κ2) is 6.14. The molecule has 3 nitrogen and oxygen atoms in total. The summed E-state index contributed by atoms with van der Waals surface area (Å²) in [5, 5.41) is 12.3. The van der Waals surface area contributed by atoms with Gasteiger partial charge in [0, 0.05) is 24.7 Å². The zero-order valence-corrected chi connectivity index (χ0v) is 15.5. The van der Waals surface area contributed by atoms with Crippen molar-refractivity contribution in [3.05, 3.63) is 64.4 Å². The van der Waals surface area contributed by atoms with Crippen LogP contribution in [0.25, 0.3) is 0 Å². The molecule has 0 radical (unpaired) electrons. The summed E-state index contributed by atoms with van der Waals surface area (Å²) >= 11 is 6.11. The Morgan fingerprint density at radius 3 is 2.29 bits per heavy atom. The first-order valence-electron chi connectivity index (χ1n) is 8.40. The quantitative estimate of drug-likeness (QED) is 0.850. The minimum Gasteiger partial charge on any atom is -0.380 e. The van der Waals surface area contributed by atoms with E-state index in [0.29, 0.717) is 11.1 Å². The van der Waals surface area contributed by atoms with Gasteiger partial charge in [0.1, 0.15) is 10.8 Å². The van der Waals surface area contributed by atoms with E-state index in [2.05, 4.69) is 49.8 Å². The molecular formula is C20H25ClN2O. The van der Waals surface area contributed by atoms with Gasteiger partial charge in [0.05, 0.1) is 0 Å². The summed E-state index contributed by atoms with van der Waals surface area (Å²) < 4.78 is 0. The number of halogens is 1. The minimum absolute atomic E-state index is 0.272. The third kappa shape index (κ3) is 2.75. The molecule has 0 bridgehead atoms. The van der Waals surface area contributed by atoms with Crippen LogP contribution >= 0.6 is 11.6 Å². The minimum atomic E-state index is -1.10. The van der Waals surface area contributed by atoms with Gasteiger partial charge in [-0.15, -0.1) is 0 Å². The maximum atomic E-state index is 11.9. The Morgan fingerprint density at radius 1 is 1.17 bits per heavy atom. The van der Waals surface area contributed by atoms with E-state index in [1.807, 2.05) is 18.2 Å². The number of aliphatic hydroxyl groups is 1. The van der Waals surface area contributed by atoms with Crippen LogP contribution in [0.2, 0.25) is 5.15 Å². The van der Waals surface area contributed by atoms with E-state index in [9.17, 15) is 5.11 Å². The first-order chi connectivity index (χ1) is 11.3. The second-order valence-corrected chi connectivity index (χ2v) is 7.97. The van der Waals surface area contributed by atoms with Crippen molar-refractivity contribution in [2.45, 2.75) is 32.3 Å². The molecule has 24 heavy (non-hydrogen) atoms. The van der Waals surface area contributed by atoms with Crippen molar-refractivity contribution >= 4 is 11.6 Å². The average molecular weight is 345 g/mol. The average Bonchev–Trinajstić information content (AvgIpc) is 2.52. The Bertz CT molecular complexity index is 723. The fourth-order valence-corrected chi connectivity index (χ4v) is 4.15. The van der Waals surface area contributed by atoms with Crippen molar-refractivity contribution in [2.75, 3.05) is 20.1 Å². The van der Waals surface area contributed by atoms with Gasteiger partial charge in [-0.25, -0.2) is 4.98 Å². The van der Waals surface area contributed by atoms with E-state index >= 15 is 0 Å². The Hall–Kier alpha value is -1.42. The number of hydrogen-bond donors (Lipinski definition) is 1. The van der Waals surface area contributed by atoms with E-state index in [4.69, 9.17) is 11.6 Å². The van der Waals surface area contributed by atoms with Crippen molar-refractivity contribution in [3.8, 4) is 0 Å². The maximum absolute atomic E-state index is 11.9. The lowest BCUT2D eigenvalue weighted by molar-refractivity contribution is -0.127. The number of rotatable bonds is 4. The van der Waals surface area contributed by atoms with Crippen LogP contribution in [0.4, 0.5) is 0 Å². The van der Waals surface area contributed by atoms with Crippen LogP contribution < -0.4 is 0 Å². The highest BCUT2D eigenvalue weighted by atomic mass is 35.5. The van der Waals surface area contributed by atoms with E-state index in [0.717, 1.165) is 24.2 Å². The molecule has 1 N–H and O–H groups in total. The summed E-state index contributed by atoms with van der Waals surface area (Å²) in [4.78, 5) is 6.29. The van der Waals surface area contributed by atoms with Gasteiger partial charge in [0.15, 0.2) is 0 Å². The molecule has 2 aromatic rings. The normalized spacial score (nSPS) is 19.8. The third-order valence-corrected chi connectivity index (χ3v) is 5.46. The predicted molar refractivity (Wildman–Crippen MR) is 98.4 cm³/mol. The van der Waals surface area contributed by atoms with Gasteiger partial charge in [-0.2, -0.15) is 0 Å². The van der Waals surface area contributed by atoms with Crippen LogP contribution in [0.3, 0.4) is 0 Å². The largest absolute Gasteiger partial charge is 0.380 e. The van der Waals surface area contributed by atoms with Crippen LogP contribution in [0.15, 0.2) is 42.6 Å². The molecule has 0 spiro atoms. The molecule has 1 aromatic carbocycles. The SMILES string of the molecule is CC(C)c1ccc(C(O)(c2ccnc(Cl)c2)C2(C)CN(C)C2)cc1. The Balaban J connectivity index is 2.12. The van der Waals surface area contributed by atoms with Gasteiger partial charge in [-0.1, -0.05) is 56.6 Å². The third-order valence-electron chi connectivity index (χ3n) is 5.25. The van der Waals surface area contributed by atoms with Crippen molar-refractivity contribution in [2.24, 2.45) is 5.41 Å². The highest BCUT2D eigenvalue weighted by molar-refractivity contribution is 6.29. The Labute approximate surface area is 149 Å². The Kier molecular flexibility index (Phi) is 4.45. The molecule has 0 amide bonds. The van der Waals surface area contributed by atoms with Gasteiger partial charge >= 0.3 is 0 Å². The molecule has 128 valence electrons. The van der Waals surface area contributed by atoms with Crippen LogP contribution in [0.5, 0.6) is 0 Å². The van der Waals surface area contributed by atoms with Crippen LogP contribution in [0, 0.1) is 5.41 Å². The molecule has 1 saturated heterocycles. The number of benzene rings is 1. The van der Waals surface area contributed by atoms with E-state index < -0.39 is 5.60 Å². The maximum Gasteiger partial charge on any atom is 0.129 e. The summed E-state index contributed by atoms with van der Waals surface area (Å²) in [5.74, 6) is 0.466. The molecule has 4 heteroatoms. The van der Waals surface area contributed by atoms with Gasteiger partial charge in [-0.05, 0) is 41.8 Å². The van der Waals surface area contributed by atoms with Gasteiger partial charge < -0.3 is 10.0 Å². The molecule has 1 aromatic heterocycles. The summed E-state index contributed by atoms with van der Waals surface area (Å²) in [6, 6.07) is 12.0. The summed E-state index contributed by atoms with van der Waals surface area (Å²) in [5.41, 5.74) is 1.61. The zero-order valence-electron chi connectivity index (χ0n) is 14.8. The van der Waals surface area contributed by atoms with Crippen molar-refractivity contribution < 1.29 is 5.11 Å². The van der Waals surface area contributed by atoms with Crippen LogP contribution in [-0.2, 0) is 5.60 Å². The lowest BCUT2D eigenvalue weighted by atomic mass is 9.62. The van der Waals surface area contributed by atoms with E-state index in [-0.39, 0.29) is 5.41 Å². The number of likely N-dealkylation sites (tertiary alicyclic amines) is 1. The highest BCUT2D eigenvalue weighted by Gasteiger charge is 2.55. The Morgan fingerprint density at radius 2 is 1.79 bits per heavy atom. The van der Waals surface area contributed by atoms with E-state index in [1.54, 1.807) is 12.3 Å². The fraction of sp³-hybridized carbons (Fsp3) is 0.450. The van der Waals surface area contributed by atoms with Crippen LogP contribution in [-0.4, -0.2) is 35.1 Å². The van der Waals surface area contributed by atoms with Gasteiger partial charge in [-0.3, -0.25) is 0 Å². The molecule has 1 aliphatic rings. The van der Waals surface area contributed by atoms with Crippen molar-refractivity contribution in [3.63, 3.8) is 0 Å². The number of hydrogen-bond acceptors (Lipinski definition) is 3. The topological polar surface area (TPSA) is 36.4 Å². The molecule has 2 heterocycles. The monoisotopic (exact) mass is 344 g/mol. The molecule has 3 rings (SSSR count). The summed E-state index contributed by atoms with van der Waals surface area (Å²) in [6.07, 6.45) is 1.66. The molecule has 1 aliphatic heterocycles. The number of aromatic nitrogens is 1. The van der Waals surface area contributed by atoms with E-state index in [1.165, 1.54) is 5.56 Å². The molecular weight excluding hydrogens is 320 g/mol. The predicted octanol–water partition coefficient (Wildman–Crippen LogP) is 4.05. The molecule has 1 fully saturated rings. The first-order valence-corrected chi connectivity index (χ1v) is 8.77. The van der Waals surface area contributed by atoms with Gasteiger partial charge in [0.25, 0.3) is 0 Å². The van der Waals surface area contributed by atoms with Gasteiger partial charge in [0.2, 0.25) is 0 Å². The van der Waals surface area contributed by atoms with Crippen molar-refractivity contribution in [1.29, 1.82) is 0 Å². The molecule has 0 aliphatic carbocycles. The highest BCUT2D eigenvalue weighted by Crippen LogP contribution is 2.50. The summed E-state index contributed by atoms with van der Waals surface area (Å²) in [6.45, 7) is 8.14. The molecule has 0 saturated carbocycles. The lowest BCUT2D eigenvalue weighted by Crippen LogP contribution is -2.63. The second-order valence-electron chi connectivity index (χ2n) is 7.59. The van der Waals surface area contributed by atoms with Crippen LogP contribution in [0.1, 0.15) is 43.4 Å².